The van der Waals surface area contributed by atoms with Crippen LogP contribution >= 0.6 is 11.8 Å². The van der Waals surface area contributed by atoms with Crippen molar-refractivity contribution in [2.75, 3.05) is 6.26 Å². The molecule has 1 atom stereocenters. The molecule has 1 aromatic rings. The summed E-state index contributed by atoms with van der Waals surface area (Å²) in [4.78, 5) is 13.8. The zero-order chi connectivity index (χ0) is 21.9. The average molecular weight is 432 g/mol. The van der Waals surface area contributed by atoms with Crippen molar-refractivity contribution < 1.29 is 9.18 Å². The summed E-state index contributed by atoms with van der Waals surface area (Å²) in [5, 5.41) is 3.29. The highest BCUT2D eigenvalue weighted by molar-refractivity contribution is 7.98. The van der Waals surface area contributed by atoms with Crippen molar-refractivity contribution in [3.05, 3.63) is 53.1 Å². The molecule has 0 saturated heterocycles. The van der Waals surface area contributed by atoms with Crippen molar-refractivity contribution >= 4 is 17.5 Å². The fourth-order valence-electron chi connectivity index (χ4n) is 4.28. The van der Waals surface area contributed by atoms with Gasteiger partial charge in [0.25, 0.3) is 0 Å². The van der Waals surface area contributed by atoms with E-state index >= 15 is 0 Å². The standard InChI is InChI=1S/C26H38FNOS/c1-5-7-13-24(28-26(19(3)27)25(29)10-6-2)23(18-20-11-8-9-12-20)21-14-16-22(30-4)17-15-21/h13-17,20,23,28H,5-12,18H2,1-4H3/b24-13+,26-19+. The third-order valence-corrected chi connectivity index (χ3v) is 6.70. The SMILES string of the molecule is CCC/C=C(/N/C(C(=O)CCC)=C(\C)F)C(CC1CCCC1)c1ccc(SC)cc1. The summed E-state index contributed by atoms with van der Waals surface area (Å²) in [5.74, 6) is 0.275. The summed E-state index contributed by atoms with van der Waals surface area (Å²) in [6.07, 6.45) is 13.4. The number of unbranched alkanes of at least 4 members (excludes halogenated alkanes) is 1. The van der Waals surface area contributed by atoms with Crippen molar-refractivity contribution in [1.29, 1.82) is 0 Å². The molecule has 2 nitrogen and oxygen atoms in total. The normalized spacial score (nSPS) is 17.0. The summed E-state index contributed by atoms with van der Waals surface area (Å²) in [5.41, 5.74) is 2.36. The number of rotatable bonds is 12. The maximum absolute atomic E-state index is 14.4. The molecule has 30 heavy (non-hydrogen) atoms. The quantitative estimate of drug-likeness (QED) is 0.269. The highest BCUT2D eigenvalue weighted by Crippen LogP contribution is 2.38. The van der Waals surface area contributed by atoms with E-state index in [1.807, 2.05) is 6.92 Å². The predicted molar refractivity (Wildman–Crippen MR) is 127 cm³/mol. The third-order valence-electron chi connectivity index (χ3n) is 5.96. The van der Waals surface area contributed by atoms with Crippen LogP contribution in [-0.2, 0) is 4.79 Å². The van der Waals surface area contributed by atoms with Crippen LogP contribution in [0, 0.1) is 5.92 Å². The van der Waals surface area contributed by atoms with E-state index in [0.29, 0.717) is 18.8 Å². The number of carbonyl (C=O) groups excluding carboxylic acids is 1. The molecule has 1 aliphatic rings. The number of allylic oxidation sites excluding steroid dienone is 4. The Hall–Kier alpha value is -1.55. The van der Waals surface area contributed by atoms with Crippen LogP contribution in [0.2, 0.25) is 0 Å². The lowest BCUT2D eigenvalue weighted by molar-refractivity contribution is -0.116. The van der Waals surface area contributed by atoms with Gasteiger partial charge in [-0.3, -0.25) is 4.79 Å². The molecule has 166 valence electrons. The number of hydrogen-bond donors (Lipinski definition) is 1. The first-order chi connectivity index (χ1) is 14.5. The molecule has 0 spiro atoms. The van der Waals surface area contributed by atoms with Gasteiger partial charge in [0.15, 0.2) is 5.78 Å². The lowest BCUT2D eigenvalue weighted by Crippen LogP contribution is -2.26. The molecular formula is C26H38FNOS. The van der Waals surface area contributed by atoms with Crippen LogP contribution in [0.5, 0.6) is 0 Å². The molecule has 1 unspecified atom stereocenters. The first kappa shape index (κ1) is 24.7. The van der Waals surface area contributed by atoms with E-state index in [0.717, 1.165) is 25.0 Å². The van der Waals surface area contributed by atoms with Crippen LogP contribution in [0.25, 0.3) is 0 Å². The van der Waals surface area contributed by atoms with Gasteiger partial charge in [0.2, 0.25) is 0 Å². The van der Waals surface area contributed by atoms with Gasteiger partial charge in [-0.05, 0) is 56.1 Å². The van der Waals surface area contributed by atoms with Gasteiger partial charge in [-0.25, -0.2) is 4.39 Å². The highest BCUT2D eigenvalue weighted by Gasteiger charge is 2.26. The molecule has 0 amide bonds. The molecule has 1 saturated carbocycles. The van der Waals surface area contributed by atoms with Crippen LogP contribution in [0.1, 0.15) is 90.0 Å². The zero-order valence-electron chi connectivity index (χ0n) is 19.1. The Morgan fingerprint density at radius 2 is 1.87 bits per heavy atom. The Labute approximate surface area is 186 Å². The lowest BCUT2D eigenvalue weighted by atomic mass is 9.85. The summed E-state index contributed by atoms with van der Waals surface area (Å²) in [6, 6.07) is 8.73. The molecule has 0 aromatic heterocycles. The summed E-state index contributed by atoms with van der Waals surface area (Å²) in [7, 11) is 0. The first-order valence-electron chi connectivity index (χ1n) is 11.5. The molecule has 1 fully saturated rings. The predicted octanol–water partition coefficient (Wildman–Crippen LogP) is 7.92. The molecule has 1 N–H and O–H groups in total. The van der Waals surface area contributed by atoms with Crippen molar-refractivity contribution in [1.82, 2.24) is 5.32 Å². The molecule has 0 radical (unpaired) electrons. The minimum absolute atomic E-state index is 0.136. The van der Waals surface area contributed by atoms with E-state index in [2.05, 4.69) is 48.8 Å². The largest absolute Gasteiger partial charge is 0.354 e. The van der Waals surface area contributed by atoms with E-state index < -0.39 is 5.83 Å². The van der Waals surface area contributed by atoms with Crippen LogP contribution in [-0.4, -0.2) is 12.0 Å². The van der Waals surface area contributed by atoms with E-state index in [9.17, 15) is 9.18 Å². The molecule has 0 aliphatic heterocycles. The summed E-state index contributed by atoms with van der Waals surface area (Å²) in [6.45, 7) is 5.48. The summed E-state index contributed by atoms with van der Waals surface area (Å²) >= 11 is 1.74. The maximum atomic E-state index is 14.4. The fraction of sp³-hybridized carbons (Fsp3) is 0.577. The molecule has 0 bridgehead atoms. The van der Waals surface area contributed by atoms with Crippen LogP contribution < -0.4 is 5.32 Å². The molecule has 0 heterocycles. The van der Waals surface area contributed by atoms with Crippen molar-refractivity contribution in [3.63, 3.8) is 0 Å². The van der Waals surface area contributed by atoms with Gasteiger partial charge in [-0.2, -0.15) is 0 Å². The Morgan fingerprint density at radius 3 is 2.40 bits per heavy atom. The number of thioether (sulfide) groups is 1. The van der Waals surface area contributed by atoms with E-state index in [1.54, 1.807) is 11.8 Å². The zero-order valence-corrected chi connectivity index (χ0v) is 19.9. The minimum atomic E-state index is -0.423. The average Bonchev–Trinajstić information content (AvgIpc) is 3.26. The Kier molecular flexibility index (Phi) is 10.7. The lowest BCUT2D eigenvalue weighted by Gasteiger charge is -2.26. The number of hydrogen-bond acceptors (Lipinski definition) is 3. The molecule has 4 heteroatoms. The maximum Gasteiger partial charge on any atom is 0.181 e. The van der Waals surface area contributed by atoms with E-state index in [4.69, 9.17) is 0 Å². The van der Waals surface area contributed by atoms with Crippen LogP contribution in [0.4, 0.5) is 4.39 Å². The number of carbonyl (C=O) groups is 1. The van der Waals surface area contributed by atoms with E-state index in [-0.39, 0.29) is 17.4 Å². The van der Waals surface area contributed by atoms with Gasteiger partial charge in [-0.1, -0.05) is 64.2 Å². The second-order valence-electron chi connectivity index (χ2n) is 8.37. The second kappa shape index (κ2) is 13.0. The van der Waals surface area contributed by atoms with Crippen molar-refractivity contribution in [3.8, 4) is 0 Å². The van der Waals surface area contributed by atoms with Crippen LogP contribution in [0.3, 0.4) is 0 Å². The highest BCUT2D eigenvalue weighted by atomic mass is 32.2. The van der Waals surface area contributed by atoms with Crippen LogP contribution in [0.15, 0.2) is 52.5 Å². The molecule has 1 aliphatic carbocycles. The Balaban J connectivity index is 2.40. The van der Waals surface area contributed by atoms with Gasteiger partial charge in [0.05, 0.1) is 0 Å². The monoisotopic (exact) mass is 431 g/mol. The Morgan fingerprint density at radius 1 is 1.20 bits per heavy atom. The second-order valence-corrected chi connectivity index (χ2v) is 9.25. The van der Waals surface area contributed by atoms with Crippen molar-refractivity contribution in [2.45, 2.75) is 89.4 Å². The van der Waals surface area contributed by atoms with Gasteiger partial charge in [0, 0.05) is 22.9 Å². The number of Topliss-reactive ketones (excluding diaryl/α,β-unsaturated/α-hetero) is 1. The third kappa shape index (κ3) is 7.30. The topological polar surface area (TPSA) is 29.1 Å². The summed E-state index contributed by atoms with van der Waals surface area (Å²) < 4.78 is 14.4. The molecule has 1 aromatic carbocycles. The first-order valence-corrected chi connectivity index (χ1v) is 12.7. The van der Waals surface area contributed by atoms with Crippen molar-refractivity contribution in [2.24, 2.45) is 5.92 Å². The fourth-order valence-corrected chi connectivity index (χ4v) is 4.69. The smallest absolute Gasteiger partial charge is 0.181 e. The molecule has 2 rings (SSSR count). The van der Waals surface area contributed by atoms with Gasteiger partial charge in [-0.15, -0.1) is 11.8 Å². The molecular weight excluding hydrogens is 393 g/mol. The Bertz CT molecular complexity index is 728. The minimum Gasteiger partial charge on any atom is -0.354 e. The number of halogens is 1. The van der Waals surface area contributed by atoms with Gasteiger partial charge in [0.1, 0.15) is 11.5 Å². The van der Waals surface area contributed by atoms with E-state index in [1.165, 1.54) is 43.1 Å². The van der Waals surface area contributed by atoms with Gasteiger partial charge < -0.3 is 5.32 Å². The number of benzene rings is 1. The van der Waals surface area contributed by atoms with Gasteiger partial charge >= 0.3 is 0 Å². The number of ketones is 1. The number of nitrogens with one attached hydrogen (secondary N) is 1.